The molecule has 0 aromatic carbocycles. The van der Waals surface area contributed by atoms with Crippen molar-refractivity contribution >= 4 is 0 Å². The first-order chi connectivity index (χ1) is 8.83. The molecular weight excluding hydrogens is 230 g/mol. The van der Waals surface area contributed by atoms with Crippen LogP contribution in [-0.4, -0.2) is 58.3 Å². The van der Waals surface area contributed by atoms with Crippen molar-refractivity contribution in [3.63, 3.8) is 0 Å². The van der Waals surface area contributed by atoms with Gasteiger partial charge in [0.05, 0.1) is 24.6 Å². The second-order valence-electron chi connectivity index (χ2n) is 5.23. The number of hydrogen-bond donors (Lipinski definition) is 1. The molecule has 3 heterocycles. The van der Waals surface area contributed by atoms with E-state index in [1.807, 2.05) is 7.05 Å². The molecule has 0 radical (unpaired) electrons. The smallest absolute Gasteiger partial charge is 0.0827 e. The first kappa shape index (κ1) is 12.1. The average molecular weight is 251 g/mol. The standard InChI is InChI=1S/C12H21N5O/c1-16-11(6-14-15-16)5-13-7-12-8-17-4-2-3-10(17)9-18-12/h6,10,12-13H,2-5,7-9H2,1H3. The highest BCUT2D eigenvalue weighted by atomic mass is 16.5. The molecule has 6 nitrogen and oxygen atoms in total. The molecular formula is C12H21N5O. The summed E-state index contributed by atoms with van der Waals surface area (Å²) in [5.41, 5.74) is 1.10. The van der Waals surface area contributed by atoms with Crippen LogP contribution in [0.1, 0.15) is 18.5 Å². The van der Waals surface area contributed by atoms with Gasteiger partial charge in [0.25, 0.3) is 0 Å². The van der Waals surface area contributed by atoms with E-state index in [0.717, 1.165) is 31.9 Å². The number of nitrogens with zero attached hydrogens (tertiary/aromatic N) is 4. The van der Waals surface area contributed by atoms with Gasteiger partial charge in [-0.25, -0.2) is 0 Å². The summed E-state index contributed by atoms with van der Waals surface area (Å²) in [5, 5.41) is 11.2. The van der Waals surface area contributed by atoms with Crippen molar-refractivity contribution in [3.8, 4) is 0 Å². The number of ether oxygens (including phenoxy) is 1. The van der Waals surface area contributed by atoms with Crippen LogP contribution in [0.4, 0.5) is 0 Å². The van der Waals surface area contributed by atoms with Crippen LogP contribution in [0.5, 0.6) is 0 Å². The Hall–Kier alpha value is -0.980. The molecule has 2 saturated heterocycles. The van der Waals surface area contributed by atoms with Crippen molar-refractivity contribution in [2.75, 3.05) is 26.2 Å². The van der Waals surface area contributed by atoms with Crippen molar-refractivity contribution in [2.24, 2.45) is 7.05 Å². The van der Waals surface area contributed by atoms with E-state index in [2.05, 4.69) is 20.5 Å². The van der Waals surface area contributed by atoms with Crippen LogP contribution in [0.15, 0.2) is 6.20 Å². The molecule has 2 atom stereocenters. The van der Waals surface area contributed by atoms with E-state index in [1.54, 1.807) is 10.9 Å². The van der Waals surface area contributed by atoms with Crippen molar-refractivity contribution in [1.82, 2.24) is 25.2 Å². The Balaban J connectivity index is 1.42. The average Bonchev–Trinajstić information content (AvgIpc) is 2.98. The van der Waals surface area contributed by atoms with E-state index >= 15 is 0 Å². The maximum absolute atomic E-state index is 5.90. The number of hydrogen-bond acceptors (Lipinski definition) is 5. The Morgan fingerprint density at radius 2 is 2.50 bits per heavy atom. The second-order valence-corrected chi connectivity index (χ2v) is 5.23. The summed E-state index contributed by atoms with van der Waals surface area (Å²) in [6.45, 7) is 4.91. The van der Waals surface area contributed by atoms with Crippen LogP contribution in [-0.2, 0) is 18.3 Å². The fourth-order valence-corrected chi connectivity index (χ4v) is 2.84. The molecule has 2 aliphatic rings. The Kier molecular flexibility index (Phi) is 3.58. The quantitative estimate of drug-likeness (QED) is 0.801. The zero-order chi connectivity index (χ0) is 12.4. The van der Waals surface area contributed by atoms with Crippen molar-refractivity contribution in [2.45, 2.75) is 31.5 Å². The lowest BCUT2D eigenvalue weighted by molar-refractivity contribution is -0.0470. The van der Waals surface area contributed by atoms with E-state index in [1.165, 1.54) is 19.4 Å². The van der Waals surface area contributed by atoms with E-state index in [4.69, 9.17) is 4.74 Å². The summed E-state index contributed by atoms with van der Waals surface area (Å²) >= 11 is 0. The number of nitrogens with one attached hydrogen (secondary N) is 1. The maximum atomic E-state index is 5.90. The Bertz CT molecular complexity index is 394. The Morgan fingerprint density at radius 3 is 3.33 bits per heavy atom. The topological polar surface area (TPSA) is 55.2 Å². The highest BCUT2D eigenvalue weighted by molar-refractivity contribution is 4.93. The minimum absolute atomic E-state index is 0.320. The third-order valence-electron chi connectivity index (χ3n) is 3.95. The van der Waals surface area contributed by atoms with Crippen LogP contribution < -0.4 is 5.32 Å². The van der Waals surface area contributed by atoms with Gasteiger partial charge in [0, 0.05) is 32.7 Å². The molecule has 2 unspecified atom stereocenters. The van der Waals surface area contributed by atoms with E-state index in [9.17, 15) is 0 Å². The molecule has 0 amide bonds. The zero-order valence-corrected chi connectivity index (χ0v) is 10.9. The van der Waals surface area contributed by atoms with Gasteiger partial charge in [-0.15, -0.1) is 5.10 Å². The molecule has 0 spiro atoms. The van der Waals surface area contributed by atoms with Crippen LogP contribution in [0, 0.1) is 0 Å². The van der Waals surface area contributed by atoms with Gasteiger partial charge in [-0.3, -0.25) is 9.58 Å². The van der Waals surface area contributed by atoms with Gasteiger partial charge in [0.15, 0.2) is 0 Å². The first-order valence-corrected chi connectivity index (χ1v) is 6.73. The number of morpholine rings is 1. The van der Waals surface area contributed by atoms with E-state index in [0.29, 0.717) is 12.1 Å². The first-order valence-electron chi connectivity index (χ1n) is 6.73. The molecule has 6 heteroatoms. The summed E-state index contributed by atoms with van der Waals surface area (Å²) in [5.74, 6) is 0. The van der Waals surface area contributed by atoms with Crippen LogP contribution in [0.3, 0.4) is 0 Å². The summed E-state index contributed by atoms with van der Waals surface area (Å²) in [6.07, 6.45) is 4.75. The van der Waals surface area contributed by atoms with Gasteiger partial charge in [0.2, 0.25) is 0 Å². The molecule has 2 aliphatic heterocycles. The molecule has 1 aromatic heterocycles. The molecule has 100 valence electrons. The van der Waals surface area contributed by atoms with E-state index < -0.39 is 0 Å². The minimum atomic E-state index is 0.320. The molecule has 3 rings (SSSR count). The largest absolute Gasteiger partial charge is 0.374 e. The van der Waals surface area contributed by atoms with Crippen LogP contribution >= 0.6 is 0 Å². The van der Waals surface area contributed by atoms with Gasteiger partial charge in [0.1, 0.15) is 0 Å². The monoisotopic (exact) mass is 251 g/mol. The lowest BCUT2D eigenvalue weighted by atomic mass is 10.2. The fourth-order valence-electron chi connectivity index (χ4n) is 2.84. The molecule has 1 aromatic rings. The fraction of sp³-hybridized carbons (Fsp3) is 0.833. The Labute approximate surface area is 107 Å². The third kappa shape index (κ3) is 2.55. The van der Waals surface area contributed by atoms with Crippen molar-refractivity contribution in [1.29, 1.82) is 0 Å². The van der Waals surface area contributed by atoms with Crippen molar-refractivity contribution < 1.29 is 4.74 Å². The van der Waals surface area contributed by atoms with E-state index in [-0.39, 0.29) is 0 Å². The second kappa shape index (κ2) is 5.34. The molecule has 18 heavy (non-hydrogen) atoms. The van der Waals surface area contributed by atoms with Crippen LogP contribution in [0.2, 0.25) is 0 Å². The molecule has 0 bridgehead atoms. The van der Waals surface area contributed by atoms with Gasteiger partial charge < -0.3 is 10.1 Å². The normalized spacial score (nSPS) is 28.5. The number of rotatable bonds is 4. The van der Waals surface area contributed by atoms with Crippen molar-refractivity contribution in [3.05, 3.63) is 11.9 Å². The number of fused-ring (bicyclic) bond motifs is 1. The number of aromatic nitrogens is 3. The summed E-state index contributed by atoms with van der Waals surface area (Å²) in [7, 11) is 1.91. The number of aryl methyl sites for hydroxylation is 1. The molecule has 0 saturated carbocycles. The molecule has 0 aliphatic carbocycles. The van der Waals surface area contributed by atoms with Gasteiger partial charge in [-0.05, 0) is 19.4 Å². The summed E-state index contributed by atoms with van der Waals surface area (Å²) in [6, 6.07) is 0.683. The van der Waals surface area contributed by atoms with Gasteiger partial charge in [-0.2, -0.15) is 0 Å². The lowest BCUT2D eigenvalue weighted by Crippen LogP contribution is -2.49. The van der Waals surface area contributed by atoms with Gasteiger partial charge >= 0.3 is 0 Å². The lowest BCUT2D eigenvalue weighted by Gasteiger charge is -2.35. The predicted octanol–water partition coefficient (Wildman–Crippen LogP) is -0.232. The SMILES string of the molecule is Cn1nncc1CNCC1CN2CCCC2CO1. The minimum Gasteiger partial charge on any atom is -0.374 e. The molecule has 1 N–H and O–H groups in total. The van der Waals surface area contributed by atoms with Gasteiger partial charge in [-0.1, -0.05) is 5.21 Å². The zero-order valence-electron chi connectivity index (χ0n) is 10.9. The third-order valence-corrected chi connectivity index (χ3v) is 3.95. The highest BCUT2D eigenvalue weighted by Gasteiger charge is 2.31. The summed E-state index contributed by atoms with van der Waals surface area (Å²) in [4.78, 5) is 2.57. The Morgan fingerprint density at radius 1 is 1.56 bits per heavy atom. The predicted molar refractivity (Wildman–Crippen MR) is 67.0 cm³/mol. The highest BCUT2D eigenvalue weighted by Crippen LogP contribution is 2.22. The maximum Gasteiger partial charge on any atom is 0.0827 e. The van der Waals surface area contributed by atoms with Crippen LogP contribution in [0.25, 0.3) is 0 Å². The summed E-state index contributed by atoms with van der Waals surface area (Å²) < 4.78 is 7.70. The molecule has 2 fully saturated rings.